The lowest BCUT2D eigenvalue weighted by Crippen LogP contribution is -2.49. The molecule has 1 saturated heterocycles. The molecule has 32 heavy (non-hydrogen) atoms. The summed E-state index contributed by atoms with van der Waals surface area (Å²) in [4.78, 5) is 15.7. The summed E-state index contributed by atoms with van der Waals surface area (Å²) in [6.07, 6.45) is 1.76. The molecule has 2 aromatic heterocycles. The number of nitrogens with zero attached hydrogens (tertiary/aromatic N) is 5. The number of sulfonamides is 1. The summed E-state index contributed by atoms with van der Waals surface area (Å²) in [6, 6.07) is 12.2. The molecular weight excluding hydrogens is 428 g/mol. The van der Waals surface area contributed by atoms with E-state index in [9.17, 15) is 8.42 Å². The number of anilines is 3. The third-order valence-corrected chi connectivity index (χ3v) is 7.16. The van der Waals surface area contributed by atoms with Crippen LogP contribution in [0.15, 0.2) is 53.6 Å². The normalized spacial score (nSPS) is 14.9. The number of aryl methyl sites for hydroxylation is 2. The summed E-state index contributed by atoms with van der Waals surface area (Å²) in [6.45, 7) is 5.57. The van der Waals surface area contributed by atoms with Gasteiger partial charge in [-0.25, -0.2) is 13.4 Å². The maximum atomic E-state index is 13.0. The summed E-state index contributed by atoms with van der Waals surface area (Å²) in [5.74, 6) is 1.87. The van der Waals surface area contributed by atoms with Crippen LogP contribution in [0, 0.1) is 13.8 Å². The first kappa shape index (κ1) is 22.0. The van der Waals surface area contributed by atoms with E-state index < -0.39 is 10.0 Å². The lowest BCUT2D eigenvalue weighted by atomic mass is 10.3. The van der Waals surface area contributed by atoms with Gasteiger partial charge in [0.1, 0.15) is 11.6 Å². The van der Waals surface area contributed by atoms with Gasteiger partial charge in [-0.2, -0.15) is 9.29 Å². The molecule has 0 saturated carbocycles. The van der Waals surface area contributed by atoms with Gasteiger partial charge < -0.3 is 15.0 Å². The second kappa shape index (κ2) is 9.09. The minimum atomic E-state index is -3.56. The average molecular weight is 455 g/mol. The molecule has 168 valence electrons. The van der Waals surface area contributed by atoms with Gasteiger partial charge in [0.25, 0.3) is 0 Å². The minimum Gasteiger partial charge on any atom is -0.497 e. The summed E-state index contributed by atoms with van der Waals surface area (Å²) in [7, 11) is -2.01. The van der Waals surface area contributed by atoms with Crippen LogP contribution in [0.2, 0.25) is 0 Å². The first-order valence-electron chi connectivity index (χ1n) is 10.3. The van der Waals surface area contributed by atoms with Crippen molar-refractivity contribution < 1.29 is 13.2 Å². The minimum absolute atomic E-state index is 0.261. The van der Waals surface area contributed by atoms with Crippen LogP contribution in [0.1, 0.15) is 11.4 Å². The molecule has 0 amide bonds. The van der Waals surface area contributed by atoms with E-state index in [0.717, 1.165) is 17.1 Å². The summed E-state index contributed by atoms with van der Waals surface area (Å²) < 4.78 is 32.6. The number of pyridine rings is 1. The molecule has 1 aliphatic rings. The van der Waals surface area contributed by atoms with Crippen molar-refractivity contribution in [1.82, 2.24) is 19.3 Å². The van der Waals surface area contributed by atoms with Crippen molar-refractivity contribution in [2.75, 3.05) is 43.5 Å². The fraction of sp³-hybridized carbons (Fsp3) is 0.318. The number of nitrogens with one attached hydrogen (secondary N) is 1. The van der Waals surface area contributed by atoms with Gasteiger partial charge in [-0.1, -0.05) is 0 Å². The van der Waals surface area contributed by atoms with E-state index in [0.29, 0.717) is 43.7 Å². The molecule has 0 atom stereocenters. The van der Waals surface area contributed by atoms with Crippen molar-refractivity contribution in [1.29, 1.82) is 0 Å². The van der Waals surface area contributed by atoms with Crippen molar-refractivity contribution in [2.45, 2.75) is 18.7 Å². The van der Waals surface area contributed by atoms with Crippen molar-refractivity contribution in [3.05, 3.63) is 60.0 Å². The highest BCUT2D eigenvalue weighted by molar-refractivity contribution is 7.89. The number of hydrogen-bond acceptors (Lipinski definition) is 8. The second-order valence-electron chi connectivity index (χ2n) is 7.57. The highest BCUT2D eigenvalue weighted by Gasteiger charge is 2.29. The highest BCUT2D eigenvalue weighted by atomic mass is 32.2. The monoisotopic (exact) mass is 454 g/mol. The molecule has 0 spiro atoms. The van der Waals surface area contributed by atoms with E-state index in [1.54, 1.807) is 37.6 Å². The molecule has 1 N–H and O–H groups in total. The van der Waals surface area contributed by atoms with Gasteiger partial charge in [-0.05, 0) is 50.2 Å². The zero-order valence-electron chi connectivity index (χ0n) is 18.3. The van der Waals surface area contributed by atoms with Gasteiger partial charge in [-0.15, -0.1) is 0 Å². The van der Waals surface area contributed by atoms with Gasteiger partial charge in [0, 0.05) is 43.6 Å². The zero-order valence-corrected chi connectivity index (χ0v) is 19.1. The lowest BCUT2D eigenvalue weighted by Gasteiger charge is -2.34. The van der Waals surface area contributed by atoms with Crippen molar-refractivity contribution >= 4 is 27.5 Å². The number of rotatable bonds is 6. The van der Waals surface area contributed by atoms with Crippen LogP contribution in [0.25, 0.3) is 0 Å². The number of aromatic nitrogens is 3. The number of hydrogen-bond donors (Lipinski definition) is 1. The third-order valence-electron chi connectivity index (χ3n) is 5.24. The molecule has 1 aliphatic heterocycles. The zero-order chi connectivity index (χ0) is 22.7. The molecule has 4 rings (SSSR count). The summed E-state index contributed by atoms with van der Waals surface area (Å²) in [5, 5.41) is 3.26. The van der Waals surface area contributed by atoms with Crippen molar-refractivity contribution in [3.63, 3.8) is 0 Å². The standard InChI is InChI=1S/C22H26N6O3S/c1-16-4-5-18(15-23-16)25-21-14-17(2)24-22(26-21)27-10-12-28(13-11-27)32(29,30)20-8-6-19(31-3)7-9-20/h4-9,14-15H,10-13H2,1-3H3,(H,24,25,26). The van der Waals surface area contributed by atoms with Crippen LogP contribution >= 0.6 is 0 Å². The maximum Gasteiger partial charge on any atom is 0.243 e. The van der Waals surface area contributed by atoms with E-state index in [2.05, 4.69) is 20.3 Å². The molecule has 0 unspecified atom stereocenters. The molecular formula is C22H26N6O3S. The quantitative estimate of drug-likeness (QED) is 0.607. The molecule has 1 fully saturated rings. The Labute approximate surface area is 188 Å². The van der Waals surface area contributed by atoms with Crippen molar-refractivity contribution in [2.24, 2.45) is 0 Å². The number of methoxy groups -OCH3 is 1. The SMILES string of the molecule is COc1ccc(S(=O)(=O)N2CCN(c3nc(C)cc(Nc4ccc(C)nc4)n3)CC2)cc1. The fourth-order valence-electron chi connectivity index (χ4n) is 3.47. The topological polar surface area (TPSA) is 101 Å². The Morgan fingerprint density at radius 1 is 0.938 bits per heavy atom. The van der Waals surface area contributed by atoms with Crippen LogP contribution in [-0.4, -0.2) is 61.0 Å². The third kappa shape index (κ3) is 4.81. The van der Waals surface area contributed by atoms with Crippen LogP contribution in [0.5, 0.6) is 5.75 Å². The number of ether oxygens (including phenoxy) is 1. The van der Waals surface area contributed by atoms with Crippen LogP contribution in [0.3, 0.4) is 0 Å². The molecule has 0 aliphatic carbocycles. The van der Waals surface area contributed by atoms with Gasteiger partial charge in [0.2, 0.25) is 16.0 Å². The Morgan fingerprint density at radius 2 is 1.66 bits per heavy atom. The highest BCUT2D eigenvalue weighted by Crippen LogP contribution is 2.23. The molecule has 0 radical (unpaired) electrons. The number of benzene rings is 1. The van der Waals surface area contributed by atoms with Gasteiger partial charge in [0.05, 0.1) is 23.9 Å². The predicted molar refractivity (Wildman–Crippen MR) is 123 cm³/mol. The fourth-order valence-corrected chi connectivity index (χ4v) is 4.90. The van der Waals surface area contributed by atoms with Gasteiger partial charge in [-0.3, -0.25) is 4.98 Å². The molecule has 1 aromatic carbocycles. The summed E-state index contributed by atoms with van der Waals surface area (Å²) in [5.41, 5.74) is 2.61. The van der Waals surface area contributed by atoms with Crippen molar-refractivity contribution in [3.8, 4) is 5.75 Å². The van der Waals surface area contributed by atoms with Crippen LogP contribution < -0.4 is 15.0 Å². The average Bonchev–Trinajstić information content (AvgIpc) is 2.80. The molecule has 3 heterocycles. The Balaban J connectivity index is 1.45. The first-order valence-corrected chi connectivity index (χ1v) is 11.7. The predicted octanol–water partition coefficient (Wildman–Crippen LogP) is 2.75. The van der Waals surface area contributed by atoms with E-state index in [-0.39, 0.29) is 4.90 Å². The van der Waals surface area contributed by atoms with Crippen LogP contribution in [0.4, 0.5) is 17.5 Å². The van der Waals surface area contributed by atoms with Gasteiger partial charge in [0.15, 0.2) is 0 Å². The number of piperazine rings is 1. The second-order valence-corrected chi connectivity index (χ2v) is 9.51. The Bertz CT molecular complexity index is 1180. The summed E-state index contributed by atoms with van der Waals surface area (Å²) >= 11 is 0. The largest absolute Gasteiger partial charge is 0.497 e. The smallest absolute Gasteiger partial charge is 0.243 e. The van der Waals surface area contributed by atoms with Gasteiger partial charge >= 0.3 is 0 Å². The molecule has 9 nitrogen and oxygen atoms in total. The lowest BCUT2D eigenvalue weighted by molar-refractivity contribution is 0.382. The van der Waals surface area contributed by atoms with E-state index in [4.69, 9.17) is 4.74 Å². The maximum absolute atomic E-state index is 13.0. The molecule has 10 heteroatoms. The van der Waals surface area contributed by atoms with E-state index >= 15 is 0 Å². The molecule has 0 bridgehead atoms. The Morgan fingerprint density at radius 3 is 2.28 bits per heavy atom. The Kier molecular flexibility index (Phi) is 6.24. The van der Waals surface area contributed by atoms with Crippen LogP contribution in [-0.2, 0) is 10.0 Å². The van der Waals surface area contributed by atoms with E-state index in [1.165, 1.54) is 4.31 Å². The Hall–Kier alpha value is -3.24. The molecule has 3 aromatic rings. The first-order chi connectivity index (χ1) is 15.3. The van der Waals surface area contributed by atoms with E-state index in [1.807, 2.05) is 36.9 Å².